The molecule has 0 atom stereocenters. The maximum absolute atomic E-state index is 6.06. The second kappa shape index (κ2) is 5.75. The summed E-state index contributed by atoms with van der Waals surface area (Å²) >= 11 is 0. The Morgan fingerprint density at radius 2 is 1.85 bits per heavy atom. The fourth-order valence-corrected chi connectivity index (χ4v) is 1.91. The molecule has 0 saturated heterocycles. The van der Waals surface area contributed by atoms with Crippen molar-refractivity contribution in [2.24, 2.45) is 0 Å². The third kappa shape index (κ3) is 3.07. The van der Waals surface area contributed by atoms with E-state index in [2.05, 4.69) is 25.9 Å². The van der Waals surface area contributed by atoms with Gasteiger partial charge < -0.3 is 10.5 Å². The maximum Gasteiger partial charge on any atom is 0.127 e. The third-order valence-corrected chi connectivity index (χ3v) is 3.14. The van der Waals surface area contributed by atoms with E-state index in [1.54, 1.807) is 11.8 Å². The van der Waals surface area contributed by atoms with Crippen LogP contribution in [-0.4, -0.2) is 16.9 Å². The second-order valence-corrected chi connectivity index (χ2v) is 5.77. The summed E-state index contributed by atoms with van der Waals surface area (Å²) in [7, 11) is 1.67. The summed E-state index contributed by atoms with van der Waals surface area (Å²) in [6, 6.07) is 7.87. The number of aryl methyl sites for hydroxylation is 1. The fourth-order valence-electron chi connectivity index (χ4n) is 1.91. The normalized spacial score (nSPS) is 11.1. The van der Waals surface area contributed by atoms with E-state index in [1.165, 1.54) is 0 Å². The predicted octanol–water partition coefficient (Wildman–Crippen LogP) is 3.49. The van der Waals surface area contributed by atoms with Crippen LogP contribution < -0.4 is 10.5 Å². The Morgan fingerprint density at radius 1 is 1.20 bits per heavy atom. The first-order valence-electron chi connectivity index (χ1n) is 6.34. The number of benzene rings is 1. The molecule has 5 heteroatoms. The monoisotopic (exact) mass is 295 g/mol. The lowest BCUT2D eigenvalue weighted by molar-refractivity contribution is 0.411. The topological polar surface area (TPSA) is 53.1 Å². The van der Waals surface area contributed by atoms with Crippen LogP contribution in [-0.2, 0) is 5.41 Å². The van der Waals surface area contributed by atoms with Gasteiger partial charge in [0.1, 0.15) is 11.6 Å². The number of methoxy groups -OCH3 is 1. The molecule has 0 spiro atoms. The molecule has 1 aromatic heterocycles. The van der Waals surface area contributed by atoms with Crippen molar-refractivity contribution in [1.82, 2.24) is 9.78 Å². The molecular formula is C15H22ClN3O. The second-order valence-electron chi connectivity index (χ2n) is 5.77. The smallest absolute Gasteiger partial charge is 0.127 e. The van der Waals surface area contributed by atoms with E-state index in [-0.39, 0.29) is 17.8 Å². The van der Waals surface area contributed by atoms with Crippen LogP contribution >= 0.6 is 12.4 Å². The first-order valence-corrected chi connectivity index (χ1v) is 6.34. The van der Waals surface area contributed by atoms with Crippen LogP contribution in [0.25, 0.3) is 5.69 Å². The Labute approximate surface area is 126 Å². The molecule has 4 nitrogen and oxygen atoms in total. The molecule has 0 fully saturated rings. The minimum Gasteiger partial charge on any atom is -0.496 e. The quantitative estimate of drug-likeness (QED) is 0.922. The summed E-state index contributed by atoms with van der Waals surface area (Å²) < 4.78 is 7.09. The van der Waals surface area contributed by atoms with Gasteiger partial charge in [0.25, 0.3) is 0 Å². The van der Waals surface area contributed by atoms with Gasteiger partial charge >= 0.3 is 0 Å². The standard InChI is InChI=1S/C15H21N3O.ClH/c1-10-6-7-11(8-12(10)19-5)18-14(16)9-13(17-18)15(2,3)4;/h6-9H,16H2,1-5H3;1H. The summed E-state index contributed by atoms with van der Waals surface area (Å²) in [5, 5.41) is 4.59. The molecule has 0 aliphatic carbocycles. The SMILES string of the molecule is COc1cc(-n2nc(C(C)(C)C)cc2N)ccc1C.Cl. The van der Waals surface area contributed by atoms with E-state index in [1.807, 2.05) is 31.2 Å². The highest BCUT2D eigenvalue weighted by molar-refractivity contribution is 5.85. The Kier molecular flexibility index (Phi) is 4.71. The maximum atomic E-state index is 6.06. The molecule has 2 rings (SSSR count). The Morgan fingerprint density at radius 3 is 2.35 bits per heavy atom. The molecule has 0 unspecified atom stereocenters. The molecule has 0 saturated carbocycles. The van der Waals surface area contributed by atoms with Crippen molar-refractivity contribution in [2.45, 2.75) is 33.1 Å². The van der Waals surface area contributed by atoms with Crippen LogP contribution in [0.1, 0.15) is 32.0 Å². The lowest BCUT2D eigenvalue weighted by atomic mass is 9.92. The molecule has 0 aliphatic rings. The number of nitrogens with two attached hydrogens (primary N) is 1. The van der Waals surface area contributed by atoms with Gasteiger partial charge in [0.2, 0.25) is 0 Å². The van der Waals surface area contributed by atoms with Gasteiger partial charge in [-0.25, -0.2) is 4.68 Å². The van der Waals surface area contributed by atoms with E-state index in [4.69, 9.17) is 10.5 Å². The van der Waals surface area contributed by atoms with Gasteiger partial charge in [0.15, 0.2) is 0 Å². The van der Waals surface area contributed by atoms with E-state index in [0.717, 1.165) is 22.7 Å². The molecule has 0 aliphatic heterocycles. The molecule has 2 aromatic rings. The molecule has 0 bridgehead atoms. The van der Waals surface area contributed by atoms with Crippen LogP contribution in [0.5, 0.6) is 5.75 Å². The first-order chi connectivity index (χ1) is 8.82. The van der Waals surface area contributed by atoms with Gasteiger partial charge in [-0.3, -0.25) is 0 Å². The molecule has 20 heavy (non-hydrogen) atoms. The minimum absolute atomic E-state index is 0. The zero-order valence-corrected chi connectivity index (χ0v) is 13.4. The van der Waals surface area contributed by atoms with Gasteiger partial charge in [-0.15, -0.1) is 12.4 Å². The van der Waals surface area contributed by atoms with E-state index < -0.39 is 0 Å². The van der Waals surface area contributed by atoms with Crippen molar-refractivity contribution in [2.75, 3.05) is 12.8 Å². The highest BCUT2D eigenvalue weighted by Crippen LogP contribution is 2.27. The van der Waals surface area contributed by atoms with Crippen molar-refractivity contribution < 1.29 is 4.74 Å². The van der Waals surface area contributed by atoms with Crippen LogP contribution in [0.15, 0.2) is 24.3 Å². The highest BCUT2D eigenvalue weighted by Gasteiger charge is 2.19. The lowest BCUT2D eigenvalue weighted by Crippen LogP contribution is -2.12. The summed E-state index contributed by atoms with van der Waals surface area (Å²) in [5.41, 5.74) is 9.02. The van der Waals surface area contributed by atoms with E-state index >= 15 is 0 Å². The zero-order valence-electron chi connectivity index (χ0n) is 12.6. The Hall–Kier alpha value is -1.68. The molecular weight excluding hydrogens is 274 g/mol. The van der Waals surface area contributed by atoms with Gasteiger partial charge in [0, 0.05) is 17.5 Å². The Balaban J connectivity index is 0.00000200. The van der Waals surface area contributed by atoms with Crippen molar-refractivity contribution in [1.29, 1.82) is 0 Å². The van der Waals surface area contributed by atoms with Crippen LogP contribution in [0, 0.1) is 6.92 Å². The number of hydrogen-bond donors (Lipinski definition) is 1. The van der Waals surface area contributed by atoms with Gasteiger partial charge in [-0.05, 0) is 18.6 Å². The van der Waals surface area contributed by atoms with Crippen molar-refractivity contribution in [3.8, 4) is 11.4 Å². The van der Waals surface area contributed by atoms with Gasteiger partial charge in [-0.1, -0.05) is 26.8 Å². The number of hydrogen-bond acceptors (Lipinski definition) is 3. The molecule has 110 valence electrons. The molecule has 0 radical (unpaired) electrons. The third-order valence-electron chi connectivity index (χ3n) is 3.14. The van der Waals surface area contributed by atoms with Crippen molar-refractivity contribution in [3.05, 3.63) is 35.5 Å². The van der Waals surface area contributed by atoms with E-state index in [9.17, 15) is 0 Å². The number of halogens is 1. The summed E-state index contributed by atoms with van der Waals surface area (Å²) in [4.78, 5) is 0. The largest absolute Gasteiger partial charge is 0.496 e. The number of nitrogen functional groups attached to an aromatic ring is 1. The molecule has 0 amide bonds. The number of nitrogens with zero attached hydrogens (tertiary/aromatic N) is 2. The van der Waals surface area contributed by atoms with Crippen molar-refractivity contribution in [3.63, 3.8) is 0 Å². The average molecular weight is 296 g/mol. The summed E-state index contributed by atoms with van der Waals surface area (Å²) in [5.74, 6) is 1.47. The van der Waals surface area contributed by atoms with Gasteiger partial charge in [0.05, 0.1) is 18.5 Å². The predicted molar refractivity (Wildman–Crippen MR) is 85.2 cm³/mol. The first kappa shape index (κ1) is 16.4. The van der Waals surface area contributed by atoms with Crippen LogP contribution in [0.3, 0.4) is 0 Å². The molecule has 1 aromatic carbocycles. The lowest BCUT2D eigenvalue weighted by Gasteiger charge is -2.14. The summed E-state index contributed by atoms with van der Waals surface area (Å²) in [6.07, 6.45) is 0. The number of rotatable bonds is 2. The summed E-state index contributed by atoms with van der Waals surface area (Å²) in [6.45, 7) is 8.37. The number of ether oxygens (including phenoxy) is 1. The fraction of sp³-hybridized carbons (Fsp3) is 0.400. The number of aromatic nitrogens is 2. The van der Waals surface area contributed by atoms with Crippen LogP contribution in [0.2, 0.25) is 0 Å². The highest BCUT2D eigenvalue weighted by atomic mass is 35.5. The molecule has 2 N–H and O–H groups in total. The number of anilines is 1. The molecule has 1 heterocycles. The Bertz CT molecular complexity index is 600. The zero-order chi connectivity index (χ0) is 14.2. The van der Waals surface area contributed by atoms with Crippen LogP contribution in [0.4, 0.5) is 5.82 Å². The average Bonchev–Trinajstić information content (AvgIpc) is 2.72. The van der Waals surface area contributed by atoms with E-state index in [0.29, 0.717) is 5.82 Å². The van der Waals surface area contributed by atoms with Crippen molar-refractivity contribution >= 4 is 18.2 Å². The minimum atomic E-state index is -0.0197. The van der Waals surface area contributed by atoms with Gasteiger partial charge in [-0.2, -0.15) is 5.10 Å².